The molecule has 188 valence electrons. The summed E-state index contributed by atoms with van der Waals surface area (Å²) in [6, 6.07) is 2.99. The standard InChI is InChI=1S/C26H32N2O7/c1-28(13-15-2-3-15)11-10-25-22-16-4-6-19(35-27-17(14-29)5-7-21(31)32)23(22)34-24(25)18(30)8-9-26(25,33)20(28)12-16/h4,6,14-15,17,20,24,27,33H,2-3,5,7-13H2,1H3/p+1/t17-,20+,24-,25-,26+,28?/m0/s1. The first kappa shape index (κ1) is 22.9. The maximum atomic E-state index is 13.2. The Labute approximate surface area is 203 Å². The molecule has 2 bridgehead atoms. The summed E-state index contributed by atoms with van der Waals surface area (Å²) in [5.74, 6) is 0.567. The molecule has 9 heteroatoms. The van der Waals surface area contributed by atoms with Crippen LogP contribution in [0.4, 0.5) is 0 Å². The monoisotopic (exact) mass is 485 g/mol. The molecule has 1 spiro atoms. The van der Waals surface area contributed by atoms with E-state index >= 15 is 0 Å². The predicted octanol–water partition coefficient (Wildman–Crippen LogP) is 1.28. The van der Waals surface area contributed by atoms with Gasteiger partial charge < -0.3 is 29.1 Å². The highest BCUT2D eigenvalue weighted by Gasteiger charge is 2.76. The highest BCUT2D eigenvalue weighted by molar-refractivity contribution is 5.90. The SMILES string of the molecule is C[N+]1(CC2CC2)CC[C@]23c4c5ccc(ON[C@H](C=O)CCC(=O)O)c4O[C@H]2C(=O)CC[C@@]3(O)[C@H]1C5. The summed E-state index contributed by atoms with van der Waals surface area (Å²) in [7, 11) is 2.28. The van der Waals surface area contributed by atoms with Gasteiger partial charge in [0.15, 0.2) is 23.4 Å². The van der Waals surface area contributed by atoms with E-state index in [0.29, 0.717) is 37.0 Å². The topological polar surface area (TPSA) is 122 Å². The number of aliphatic carboxylic acids is 1. The number of ether oxygens (including phenoxy) is 1. The summed E-state index contributed by atoms with van der Waals surface area (Å²) in [6.07, 6.45) is 4.45. The molecule has 0 radical (unpaired) electrons. The van der Waals surface area contributed by atoms with Gasteiger partial charge in [0.05, 0.1) is 31.6 Å². The Morgan fingerprint density at radius 2 is 2.17 bits per heavy atom. The van der Waals surface area contributed by atoms with Crippen molar-refractivity contribution in [3.63, 3.8) is 0 Å². The summed E-state index contributed by atoms with van der Waals surface area (Å²) >= 11 is 0. The quantitative estimate of drug-likeness (QED) is 0.272. The van der Waals surface area contributed by atoms with Crippen molar-refractivity contribution in [2.24, 2.45) is 5.92 Å². The number of benzene rings is 1. The Bertz CT molecular complexity index is 1100. The molecule has 6 rings (SSSR count). The molecule has 1 aromatic rings. The number of aldehydes is 1. The lowest BCUT2D eigenvalue weighted by Gasteiger charge is -2.64. The van der Waals surface area contributed by atoms with E-state index in [1.165, 1.54) is 12.8 Å². The van der Waals surface area contributed by atoms with Gasteiger partial charge in [-0.05, 0) is 37.3 Å². The molecule has 5 aliphatic rings. The zero-order valence-electron chi connectivity index (χ0n) is 20.0. The number of likely N-dealkylation sites (tertiary alicyclic amines) is 1. The van der Waals surface area contributed by atoms with Crippen LogP contribution in [0.2, 0.25) is 0 Å². The molecule has 3 N–H and O–H groups in total. The zero-order chi connectivity index (χ0) is 24.6. The minimum absolute atomic E-state index is 0.00913. The second-order valence-electron chi connectivity index (χ2n) is 11.5. The number of rotatable bonds is 9. The van der Waals surface area contributed by atoms with Gasteiger partial charge in [0.1, 0.15) is 17.9 Å². The Morgan fingerprint density at radius 3 is 2.89 bits per heavy atom. The fourth-order valence-electron chi connectivity index (χ4n) is 7.58. The first-order chi connectivity index (χ1) is 16.7. The van der Waals surface area contributed by atoms with E-state index in [2.05, 4.69) is 12.5 Å². The van der Waals surface area contributed by atoms with Crippen molar-refractivity contribution in [1.29, 1.82) is 0 Å². The third kappa shape index (κ3) is 3.21. The van der Waals surface area contributed by atoms with Crippen LogP contribution < -0.4 is 15.1 Å². The molecule has 1 aromatic carbocycles. The molecule has 0 aromatic heterocycles. The van der Waals surface area contributed by atoms with Crippen LogP contribution in [0.15, 0.2) is 12.1 Å². The molecule has 0 amide bonds. The van der Waals surface area contributed by atoms with Gasteiger partial charge in [0, 0.05) is 37.2 Å². The number of hydrogen-bond donors (Lipinski definition) is 3. The van der Waals surface area contributed by atoms with Crippen LogP contribution in [0.1, 0.15) is 56.1 Å². The number of aliphatic hydroxyl groups is 1. The minimum Gasteiger partial charge on any atom is -0.481 e. The van der Waals surface area contributed by atoms with Crippen molar-refractivity contribution in [3.05, 3.63) is 23.3 Å². The summed E-state index contributed by atoms with van der Waals surface area (Å²) < 4.78 is 7.19. The van der Waals surface area contributed by atoms with Gasteiger partial charge in [0.25, 0.3) is 0 Å². The normalized spacial score (nSPS) is 37.3. The second kappa shape index (κ2) is 7.75. The second-order valence-corrected chi connectivity index (χ2v) is 11.5. The fraction of sp³-hybridized carbons (Fsp3) is 0.654. The van der Waals surface area contributed by atoms with Crippen molar-refractivity contribution in [3.8, 4) is 11.5 Å². The van der Waals surface area contributed by atoms with Crippen molar-refractivity contribution >= 4 is 18.0 Å². The van der Waals surface area contributed by atoms with Gasteiger partial charge >= 0.3 is 5.97 Å². The number of likely N-dealkylation sites (N-methyl/N-ethyl adjacent to an activating group) is 1. The first-order valence-electron chi connectivity index (χ1n) is 12.7. The van der Waals surface area contributed by atoms with Crippen LogP contribution in [-0.4, -0.2) is 76.7 Å². The van der Waals surface area contributed by atoms with Crippen LogP contribution in [0.3, 0.4) is 0 Å². The van der Waals surface area contributed by atoms with Crippen LogP contribution in [0, 0.1) is 5.92 Å². The van der Waals surface area contributed by atoms with E-state index in [9.17, 15) is 19.5 Å². The molecular formula is C26H33N2O7+. The predicted molar refractivity (Wildman–Crippen MR) is 123 cm³/mol. The first-order valence-corrected chi connectivity index (χ1v) is 12.7. The van der Waals surface area contributed by atoms with Gasteiger partial charge in [-0.1, -0.05) is 6.07 Å². The van der Waals surface area contributed by atoms with E-state index in [1.807, 2.05) is 6.07 Å². The number of Topliss-reactive ketones (excluding diaryl/α,β-unsaturated/α-hetero) is 1. The van der Waals surface area contributed by atoms with Crippen molar-refractivity contribution in [2.45, 2.75) is 80.6 Å². The number of piperidine rings is 1. The maximum absolute atomic E-state index is 13.2. The van der Waals surface area contributed by atoms with E-state index in [4.69, 9.17) is 14.7 Å². The van der Waals surface area contributed by atoms with Gasteiger partial charge in [-0.3, -0.25) is 9.59 Å². The van der Waals surface area contributed by atoms with Crippen molar-refractivity contribution < 1.29 is 38.7 Å². The number of carboxylic acids is 1. The summed E-state index contributed by atoms with van der Waals surface area (Å²) in [5, 5.41) is 21.4. The zero-order valence-corrected chi connectivity index (χ0v) is 20.0. The summed E-state index contributed by atoms with van der Waals surface area (Å²) in [4.78, 5) is 41.2. The number of carbonyl (C=O) groups excluding carboxylic acids is 2. The molecule has 35 heavy (non-hydrogen) atoms. The lowest BCUT2D eigenvalue weighted by Crippen LogP contribution is -2.80. The minimum atomic E-state index is -1.04. The summed E-state index contributed by atoms with van der Waals surface area (Å²) in [5.41, 5.74) is 2.81. The molecule has 9 nitrogen and oxygen atoms in total. The van der Waals surface area contributed by atoms with E-state index in [-0.39, 0.29) is 24.7 Å². The molecule has 2 heterocycles. The van der Waals surface area contributed by atoms with E-state index < -0.39 is 29.1 Å². The number of quaternary nitrogens is 1. The number of ketones is 1. The molecule has 3 aliphatic carbocycles. The van der Waals surface area contributed by atoms with E-state index in [0.717, 1.165) is 41.0 Å². The average Bonchev–Trinajstić information content (AvgIpc) is 3.55. The average molecular weight is 486 g/mol. The lowest BCUT2D eigenvalue weighted by molar-refractivity contribution is -0.950. The molecule has 1 unspecified atom stereocenters. The molecule has 1 saturated heterocycles. The smallest absolute Gasteiger partial charge is 0.303 e. The van der Waals surface area contributed by atoms with Crippen LogP contribution >= 0.6 is 0 Å². The third-order valence-corrected chi connectivity index (χ3v) is 9.41. The van der Waals surface area contributed by atoms with Crippen molar-refractivity contribution in [2.75, 3.05) is 20.1 Å². The van der Waals surface area contributed by atoms with Crippen LogP contribution in [0.25, 0.3) is 0 Å². The molecular weight excluding hydrogens is 452 g/mol. The summed E-state index contributed by atoms with van der Waals surface area (Å²) in [6.45, 7) is 1.96. The highest BCUT2D eigenvalue weighted by atomic mass is 16.7. The Balaban J connectivity index is 1.38. The molecule has 3 fully saturated rings. The highest BCUT2D eigenvalue weighted by Crippen LogP contribution is 2.66. The number of hydroxylamine groups is 1. The molecule has 2 saturated carbocycles. The van der Waals surface area contributed by atoms with Gasteiger partial charge in [-0.15, -0.1) is 5.48 Å². The lowest BCUT2D eigenvalue weighted by atomic mass is 9.48. The number of nitrogens with zero attached hydrogens (tertiary/aromatic N) is 1. The van der Waals surface area contributed by atoms with Crippen LogP contribution in [0.5, 0.6) is 11.5 Å². The van der Waals surface area contributed by atoms with Crippen molar-refractivity contribution in [1.82, 2.24) is 5.48 Å². The van der Waals surface area contributed by atoms with E-state index in [1.54, 1.807) is 6.07 Å². The maximum Gasteiger partial charge on any atom is 0.303 e. The fourth-order valence-corrected chi connectivity index (χ4v) is 7.58. The number of carboxylic acid groups (broad SMARTS) is 1. The number of carbonyl (C=O) groups is 3. The number of hydrogen-bond acceptors (Lipinski definition) is 7. The molecule has 6 atom stereocenters. The Hall–Kier alpha value is -2.49. The Kier molecular flexibility index (Phi) is 5.08. The number of nitrogens with one attached hydrogen (secondary N) is 1. The van der Waals surface area contributed by atoms with Crippen LogP contribution in [-0.2, 0) is 26.2 Å². The third-order valence-electron chi connectivity index (χ3n) is 9.41. The Morgan fingerprint density at radius 1 is 1.37 bits per heavy atom. The molecule has 2 aliphatic heterocycles. The van der Waals surface area contributed by atoms with Gasteiger partial charge in [-0.25, -0.2) is 0 Å². The van der Waals surface area contributed by atoms with Gasteiger partial charge in [0.2, 0.25) is 0 Å². The largest absolute Gasteiger partial charge is 0.481 e. The van der Waals surface area contributed by atoms with Gasteiger partial charge in [-0.2, -0.15) is 0 Å².